The number of piperazine rings is 1. The van der Waals surface area contributed by atoms with Gasteiger partial charge in [0, 0.05) is 31.2 Å². The zero-order valence-electron chi connectivity index (χ0n) is 10.4. The van der Waals surface area contributed by atoms with Crippen molar-refractivity contribution in [2.45, 2.75) is 31.8 Å². The van der Waals surface area contributed by atoms with Crippen LogP contribution in [0.15, 0.2) is 12.7 Å². The minimum absolute atomic E-state index is 0.0912. The van der Waals surface area contributed by atoms with Gasteiger partial charge >= 0.3 is 5.97 Å². The van der Waals surface area contributed by atoms with E-state index in [0.29, 0.717) is 0 Å². The molecule has 1 atom stereocenters. The highest BCUT2D eigenvalue weighted by atomic mass is 16.4. The molecule has 0 saturated carbocycles. The van der Waals surface area contributed by atoms with Gasteiger partial charge in [0.1, 0.15) is 0 Å². The van der Waals surface area contributed by atoms with Gasteiger partial charge in [-0.25, -0.2) is 0 Å². The summed E-state index contributed by atoms with van der Waals surface area (Å²) in [5.74, 6) is -0.729. The van der Waals surface area contributed by atoms with E-state index in [2.05, 4.69) is 37.3 Å². The molecule has 0 aliphatic carbocycles. The number of rotatable bonds is 4. The lowest BCUT2D eigenvalue weighted by molar-refractivity contribution is -0.139. The van der Waals surface area contributed by atoms with Gasteiger partial charge in [-0.05, 0) is 20.9 Å². The van der Waals surface area contributed by atoms with Crippen molar-refractivity contribution in [1.29, 1.82) is 0 Å². The Labute approximate surface area is 97.5 Å². The summed E-state index contributed by atoms with van der Waals surface area (Å²) in [4.78, 5) is 15.3. The van der Waals surface area contributed by atoms with Gasteiger partial charge in [0.05, 0.1) is 6.42 Å². The maximum absolute atomic E-state index is 10.8. The van der Waals surface area contributed by atoms with Crippen LogP contribution >= 0.6 is 0 Å². The molecule has 16 heavy (non-hydrogen) atoms. The van der Waals surface area contributed by atoms with E-state index in [1.54, 1.807) is 0 Å². The smallest absolute Gasteiger partial charge is 0.304 e. The zero-order valence-corrected chi connectivity index (χ0v) is 10.4. The van der Waals surface area contributed by atoms with Crippen LogP contribution in [0.4, 0.5) is 0 Å². The Morgan fingerprint density at radius 3 is 2.75 bits per heavy atom. The minimum atomic E-state index is -0.729. The molecule has 0 aromatic rings. The minimum Gasteiger partial charge on any atom is -0.481 e. The maximum atomic E-state index is 10.8. The van der Waals surface area contributed by atoms with E-state index in [9.17, 15) is 4.79 Å². The first-order valence-electron chi connectivity index (χ1n) is 5.65. The summed E-state index contributed by atoms with van der Waals surface area (Å²) in [6.07, 6.45) is 2.05. The third-order valence-electron chi connectivity index (χ3n) is 3.40. The van der Waals surface area contributed by atoms with E-state index < -0.39 is 5.97 Å². The Kier molecular flexibility index (Phi) is 4.10. The van der Waals surface area contributed by atoms with Gasteiger partial charge in [-0.1, -0.05) is 6.08 Å². The molecule has 1 aliphatic heterocycles. The molecule has 0 radical (unpaired) electrons. The number of aliphatic carboxylic acids is 1. The number of carbonyl (C=O) groups is 1. The Morgan fingerprint density at radius 1 is 1.62 bits per heavy atom. The fourth-order valence-corrected chi connectivity index (χ4v) is 2.20. The SMILES string of the molecule is C=CCN1CC(C)(C)N(C)CC1CC(=O)O. The molecule has 0 amide bonds. The lowest BCUT2D eigenvalue weighted by Crippen LogP contribution is -2.62. The van der Waals surface area contributed by atoms with Crippen LogP contribution < -0.4 is 0 Å². The molecule has 1 fully saturated rings. The van der Waals surface area contributed by atoms with E-state index in [4.69, 9.17) is 5.11 Å². The second-order valence-electron chi connectivity index (χ2n) is 5.16. The molecule has 1 unspecified atom stereocenters. The number of hydrogen-bond donors (Lipinski definition) is 1. The molecule has 0 spiro atoms. The van der Waals surface area contributed by atoms with Gasteiger partial charge in [-0.2, -0.15) is 0 Å². The number of carboxylic acids is 1. The molecule has 0 bridgehead atoms. The number of nitrogens with zero attached hydrogens (tertiary/aromatic N) is 2. The highest BCUT2D eigenvalue weighted by molar-refractivity contribution is 5.67. The standard InChI is InChI=1S/C12H22N2O2/c1-5-6-14-9-12(2,3)13(4)8-10(14)7-11(15)16/h5,10H,1,6-9H2,2-4H3,(H,15,16). The summed E-state index contributed by atoms with van der Waals surface area (Å²) in [6.45, 7) is 10.5. The Balaban J connectivity index is 2.74. The third-order valence-corrected chi connectivity index (χ3v) is 3.40. The van der Waals surface area contributed by atoms with Crippen molar-refractivity contribution in [3.05, 3.63) is 12.7 Å². The van der Waals surface area contributed by atoms with Crippen LogP contribution in [0, 0.1) is 0 Å². The molecule has 1 aliphatic rings. The topological polar surface area (TPSA) is 43.8 Å². The zero-order chi connectivity index (χ0) is 12.3. The fourth-order valence-electron chi connectivity index (χ4n) is 2.20. The molecule has 0 aromatic heterocycles. The predicted octanol–water partition coefficient (Wildman–Crippen LogP) is 1.04. The van der Waals surface area contributed by atoms with Crippen LogP contribution in [0.1, 0.15) is 20.3 Å². The molecule has 4 nitrogen and oxygen atoms in total. The van der Waals surface area contributed by atoms with Crippen LogP contribution in [-0.2, 0) is 4.79 Å². The summed E-state index contributed by atoms with van der Waals surface area (Å²) in [7, 11) is 2.06. The highest BCUT2D eigenvalue weighted by Crippen LogP contribution is 2.24. The van der Waals surface area contributed by atoms with Crippen molar-refractivity contribution >= 4 is 5.97 Å². The average Bonchev–Trinajstić information content (AvgIpc) is 2.13. The Morgan fingerprint density at radius 2 is 2.25 bits per heavy atom. The molecule has 1 N–H and O–H groups in total. The molecule has 1 rings (SSSR count). The summed E-state index contributed by atoms with van der Waals surface area (Å²) in [5, 5.41) is 8.90. The van der Waals surface area contributed by atoms with Crippen molar-refractivity contribution in [3.8, 4) is 0 Å². The molecular formula is C12H22N2O2. The summed E-state index contributed by atoms with van der Waals surface area (Å²) < 4.78 is 0. The van der Waals surface area contributed by atoms with Gasteiger partial charge in [0.25, 0.3) is 0 Å². The molecule has 4 heteroatoms. The first-order valence-corrected chi connectivity index (χ1v) is 5.65. The van der Waals surface area contributed by atoms with Crippen LogP contribution in [0.25, 0.3) is 0 Å². The summed E-state index contributed by atoms with van der Waals surface area (Å²) >= 11 is 0. The third kappa shape index (κ3) is 3.06. The van der Waals surface area contributed by atoms with Gasteiger partial charge in [-0.15, -0.1) is 6.58 Å². The summed E-state index contributed by atoms with van der Waals surface area (Å²) in [5.41, 5.74) is 0.0953. The van der Waals surface area contributed by atoms with E-state index >= 15 is 0 Å². The quantitative estimate of drug-likeness (QED) is 0.727. The second-order valence-corrected chi connectivity index (χ2v) is 5.16. The van der Waals surface area contributed by atoms with Crippen molar-refractivity contribution in [2.24, 2.45) is 0 Å². The number of likely N-dealkylation sites (N-methyl/N-ethyl adjacent to an activating group) is 1. The molecule has 1 saturated heterocycles. The van der Waals surface area contributed by atoms with Crippen LogP contribution in [0.2, 0.25) is 0 Å². The van der Waals surface area contributed by atoms with Crippen LogP contribution in [0.5, 0.6) is 0 Å². The monoisotopic (exact) mass is 226 g/mol. The average molecular weight is 226 g/mol. The van der Waals surface area contributed by atoms with Crippen molar-refractivity contribution in [3.63, 3.8) is 0 Å². The van der Waals surface area contributed by atoms with Gasteiger partial charge in [0.15, 0.2) is 0 Å². The number of hydrogen-bond acceptors (Lipinski definition) is 3. The van der Waals surface area contributed by atoms with E-state index in [1.807, 2.05) is 6.08 Å². The lowest BCUT2D eigenvalue weighted by atomic mass is 9.95. The maximum Gasteiger partial charge on any atom is 0.304 e. The van der Waals surface area contributed by atoms with E-state index in [0.717, 1.165) is 19.6 Å². The molecule has 0 aromatic carbocycles. The first-order chi connectivity index (χ1) is 7.36. The highest BCUT2D eigenvalue weighted by Gasteiger charge is 2.36. The van der Waals surface area contributed by atoms with Gasteiger partial charge in [0.2, 0.25) is 0 Å². The second kappa shape index (κ2) is 4.97. The lowest BCUT2D eigenvalue weighted by Gasteiger charge is -2.49. The van der Waals surface area contributed by atoms with Crippen molar-refractivity contribution in [1.82, 2.24) is 9.80 Å². The van der Waals surface area contributed by atoms with Crippen molar-refractivity contribution < 1.29 is 9.90 Å². The van der Waals surface area contributed by atoms with Gasteiger partial charge < -0.3 is 5.11 Å². The van der Waals surface area contributed by atoms with Crippen molar-refractivity contribution in [2.75, 3.05) is 26.7 Å². The van der Waals surface area contributed by atoms with E-state index in [1.165, 1.54) is 0 Å². The predicted molar refractivity (Wildman–Crippen MR) is 64.5 cm³/mol. The number of carboxylic acid groups (broad SMARTS) is 1. The normalized spacial score (nSPS) is 26.6. The van der Waals surface area contributed by atoms with E-state index in [-0.39, 0.29) is 18.0 Å². The first kappa shape index (κ1) is 13.2. The molecule has 1 heterocycles. The molecular weight excluding hydrogens is 204 g/mol. The Bertz CT molecular complexity index is 276. The van der Waals surface area contributed by atoms with Crippen LogP contribution in [-0.4, -0.2) is 59.1 Å². The summed E-state index contributed by atoms with van der Waals surface area (Å²) in [6, 6.07) is 0.0912. The van der Waals surface area contributed by atoms with Crippen LogP contribution in [0.3, 0.4) is 0 Å². The fraction of sp³-hybridized carbons (Fsp3) is 0.750. The van der Waals surface area contributed by atoms with Gasteiger partial charge in [-0.3, -0.25) is 14.6 Å². The molecule has 92 valence electrons. The Hall–Kier alpha value is -0.870. The largest absolute Gasteiger partial charge is 0.481 e.